The third-order valence-electron chi connectivity index (χ3n) is 6.49. The number of piperidine rings is 1. The number of carbonyl (C=O) groups excluding carboxylic acids is 1. The van der Waals surface area contributed by atoms with Crippen LogP contribution in [-0.4, -0.2) is 60.1 Å². The minimum Gasteiger partial charge on any atom is -0.507 e. The molecule has 2 aromatic carbocycles. The van der Waals surface area contributed by atoms with Crippen LogP contribution in [0.1, 0.15) is 24.8 Å². The van der Waals surface area contributed by atoms with Crippen LogP contribution in [0.25, 0.3) is 22.3 Å². The van der Waals surface area contributed by atoms with Gasteiger partial charge in [-0.2, -0.15) is 0 Å². The first-order valence-corrected chi connectivity index (χ1v) is 11.9. The van der Waals surface area contributed by atoms with Crippen LogP contribution < -0.4 is 10.2 Å². The van der Waals surface area contributed by atoms with Gasteiger partial charge in [0, 0.05) is 31.4 Å². The zero-order valence-electron chi connectivity index (χ0n) is 19.4. The summed E-state index contributed by atoms with van der Waals surface area (Å²) in [5.74, 6) is 1.81. The first kappa shape index (κ1) is 22.4. The smallest absolute Gasteiger partial charge is 0.407 e. The maximum absolute atomic E-state index is 12.2. The summed E-state index contributed by atoms with van der Waals surface area (Å²) >= 11 is 0. The molecule has 2 atom stereocenters. The van der Waals surface area contributed by atoms with Crippen LogP contribution in [0.5, 0.6) is 5.75 Å². The topological polar surface area (TPSA) is 96.8 Å². The summed E-state index contributed by atoms with van der Waals surface area (Å²) in [7, 11) is 0. The van der Waals surface area contributed by atoms with Crippen LogP contribution in [0.4, 0.5) is 10.6 Å². The number of nitrogens with one attached hydrogen (secondary N) is 1. The van der Waals surface area contributed by atoms with E-state index in [1.165, 1.54) is 0 Å². The first-order valence-electron chi connectivity index (χ1n) is 11.9. The van der Waals surface area contributed by atoms with Crippen molar-refractivity contribution < 1.29 is 19.4 Å². The van der Waals surface area contributed by atoms with E-state index >= 15 is 0 Å². The molecular formula is C26H30N4O4. The summed E-state index contributed by atoms with van der Waals surface area (Å²) in [5, 5.41) is 14.3. The number of para-hydroxylation sites is 1. The maximum Gasteiger partial charge on any atom is 0.407 e. The number of anilines is 1. The molecule has 0 radical (unpaired) electrons. The van der Waals surface area contributed by atoms with Crippen LogP contribution in [0.3, 0.4) is 0 Å². The summed E-state index contributed by atoms with van der Waals surface area (Å²) < 4.78 is 10.7. The number of phenolic OH excluding ortho intramolecular Hbond substituents is 1. The van der Waals surface area contributed by atoms with Gasteiger partial charge in [0.15, 0.2) is 5.82 Å². The molecule has 2 fully saturated rings. The Balaban J connectivity index is 1.37. The normalized spacial score (nSPS) is 20.4. The Morgan fingerprint density at radius 3 is 2.94 bits per heavy atom. The largest absolute Gasteiger partial charge is 0.507 e. The van der Waals surface area contributed by atoms with Crippen molar-refractivity contribution in [3.63, 3.8) is 0 Å². The minimum absolute atomic E-state index is 0.147. The quantitative estimate of drug-likeness (QED) is 0.591. The molecule has 3 heterocycles. The fourth-order valence-electron chi connectivity index (χ4n) is 4.70. The number of hydrogen-bond acceptors (Lipinski definition) is 7. The van der Waals surface area contributed by atoms with E-state index in [9.17, 15) is 9.90 Å². The molecule has 5 rings (SSSR count). The van der Waals surface area contributed by atoms with E-state index in [1.807, 2.05) is 19.1 Å². The van der Waals surface area contributed by atoms with Gasteiger partial charge in [0.05, 0.1) is 24.3 Å². The molecule has 2 saturated heterocycles. The predicted octanol–water partition coefficient (Wildman–Crippen LogP) is 4.04. The molecule has 34 heavy (non-hydrogen) atoms. The predicted molar refractivity (Wildman–Crippen MR) is 130 cm³/mol. The molecule has 8 nitrogen and oxygen atoms in total. The van der Waals surface area contributed by atoms with Crippen LogP contribution in [-0.2, 0) is 9.47 Å². The van der Waals surface area contributed by atoms with E-state index in [0.717, 1.165) is 54.6 Å². The average molecular weight is 463 g/mol. The number of aryl methyl sites for hydroxylation is 1. The zero-order valence-corrected chi connectivity index (χ0v) is 19.4. The summed E-state index contributed by atoms with van der Waals surface area (Å²) in [6, 6.07) is 13.3. The second-order valence-electron chi connectivity index (χ2n) is 9.13. The molecule has 0 bridgehead atoms. The third kappa shape index (κ3) is 4.92. The first-order chi connectivity index (χ1) is 16.6. The molecule has 2 aliphatic rings. The maximum atomic E-state index is 12.2. The Hall–Kier alpha value is -3.39. The Morgan fingerprint density at radius 1 is 1.24 bits per heavy atom. The number of aromatic hydroxyl groups is 1. The summed E-state index contributed by atoms with van der Waals surface area (Å²) in [4.78, 5) is 24.1. The number of fused-ring (bicyclic) bond motifs is 1. The lowest BCUT2D eigenvalue weighted by molar-refractivity contribution is 0.0821. The van der Waals surface area contributed by atoms with Gasteiger partial charge in [-0.25, -0.2) is 14.8 Å². The van der Waals surface area contributed by atoms with E-state index in [2.05, 4.69) is 28.4 Å². The number of alkyl carbamates (subject to hydrolysis) is 1. The molecule has 0 unspecified atom stereocenters. The Labute approximate surface area is 198 Å². The molecule has 0 aliphatic carbocycles. The summed E-state index contributed by atoms with van der Waals surface area (Å²) in [6.45, 7) is 5.36. The molecule has 8 heteroatoms. The molecule has 1 aromatic heterocycles. The minimum atomic E-state index is -0.377. The Morgan fingerprint density at radius 2 is 2.12 bits per heavy atom. The van der Waals surface area contributed by atoms with Gasteiger partial charge >= 0.3 is 6.09 Å². The SMILES string of the molecule is Cc1ccc2c(N3CCC[C@@H](CNC(=O)O[C@H]4CCOC4)C3)nc(-c3ccccc3O)nc2c1. The van der Waals surface area contributed by atoms with E-state index < -0.39 is 0 Å². The van der Waals surface area contributed by atoms with Gasteiger partial charge < -0.3 is 24.8 Å². The lowest BCUT2D eigenvalue weighted by Crippen LogP contribution is -2.42. The molecule has 2 aliphatic heterocycles. The molecule has 0 spiro atoms. The van der Waals surface area contributed by atoms with Gasteiger partial charge in [-0.05, 0) is 55.5 Å². The number of rotatable bonds is 5. The van der Waals surface area contributed by atoms with Gasteiger partial charge in [0.25, 0.3) is 0 Å². The van der Waals surface area contributed by atoms with Crippen LogP contribution >= 0.6 is 0 Å². The van der Waals surface area contributed by atoms with E-state index in [0.29, 0.717) is 31.1 Å². The van der Waals surface area contributed by atoms with E-state index in [4.69, 9.17) is 19.4 Å². The van der Waals surface area contributed by atoms with E-state index in [1.54, 1.807) is 12.1 Å². The second kappa shape index (κ2) is 9.85. The van der Waals surface area contributed by atoms with Crippen LogP contribution in [0.2, 0.25) is 0 Å². The average Bonchev–Trinajstić information content (AvgIpc) is 3.35. The highest BCUT2D eigenvalue weighted by molar-refractivity contribution is 5.92. The Bertz CT molecular complexity index is 1180. The monoisotopic (exact) mass is 462 g/mol. The van der Waals surface area contributed by atoms with Gasteiger partial charge in [-0.1, -0.05) is 18.2 Å². The zero-order chi connectivity index (χ0) is 23.5. The van der Waals surface area contributed by atoms with Crippen molar-refractivity contribution in [1.82, 2.24) is 15.3 Å². The van der Waals surface area contributed by atoms with Crippen molar-refractivity contribution in [3.05, 3.63) is 48.0 Å². The highest BCUT2D eigenvalue weighted by atomic mass is 16.6. The Kier molecular flexibility index (Phi) is 6.49. The lowest BCUT2D eigenvalue weighted by atomic mass is 9.97. The van der Waals surface area contributed by atoms with Crippen molar-refractivity contribution in [2.24, 2.45) is 5.92 Å². The van der Waals surface area contributed by atoms with E-state index in [-0.39, 0.29) is 23.9 Å². The molecule has 1 amide bonds. The summed E-state index contributed by atoms with van der Waals surface area (Å²) in [5.41, 5.74) is 2.58. The van der Waals surface area contributed by atoms with Gasteiger partial charge in [0.2, 0.25) is 0 Å². The fourth-order valence-corrected chi connectivity index (χ4v) is 4.70. The highest BCUT2D eigenvalue weighted by Gasteiger charge is 2.25. The lowest BCUT2D eigenvalue weighted by Gasteiger charge is -2.34. The fraction of sp³-hybridized carbons (Fsp3) is 0.423. The van der Waals surface area contributed by atoms with Gasteiger partial charge in [0.1, 0.15) is 17.7 Å². The van der Waals surface area contributed by atoms with Gasteiger partial charge in [-0.15, -0.1) is 0 Å². The number of amides is 1. The van der Waals surface area contributed by atoms with Crippen molar-refractivity contribution in [2.45, 2.75) is 32.3 Å². The molecule has 0 saturated carbocycles. The molecule has 2 N–H and O–H groups in total. The standard InChI is InChI=1S/C26H30N4O4/c1-17-8-9-20-22(13-17)28-24(21-6-2-3-7-23(21)31)29-25(20)30-11-4-5-18(15-30)14-27-26(32)34-19-10-12-33-16-19/h2-3,6-9,13,18-19,31H,4-5,10-12,14-16H2,1H3,(H,27,32)/t18-,19-/m0/s1. The van der Waals surface area contributed by atoms with Gasteiger partial charge in [-0.3, -0.25) is 0 Å². The number of aromatic nitrogens is 2. The molecule has 178 valence electrons. The molecule has 3 aromatic rings. The molecular weight excluding hydrogens is 432 g/mol. The number of benzene rings is 2. The van der Waals surface area contributed by atoms with Crippen LogP contribution in [0.15, 0.2) is 42.5 Å². The van der Waals surface area contributed by atoms with Crippen molar-refractivity contribution in [3.8, 4) is 17.1 Å². The number of phenols is 1. The number of nitrogens with zero attached hydrogens (tertiary/aromatic N) is 3. The highest BCUT2D eigenvalue weighted by Crippen LogP contribution is 2.33. The second-order valence-corrected chi connectivity index (χ2v) is 9.13. The number of hydrogen-bond donors (Lipinski definition) is 2. The summed E-state index contributed by atoms with van der Waals surface area (Å²) in [6.07, 6.45) is 2.26. The van der Waals surface area contributed by atoms with Crippen molar-refractivity contribution in [2.75, 3.05) is 37.7 Å². The van der Waals surface area contributed by atoms with Crippen LogP contribution in [0, 0.1) is 12.8 Å². The third-order valence-corrected chi connectivity index (χ3v) is 6.49. The number of ether oxygens (including phenoxy) is 2. The van der Waals surface area contributed by atoms with Crippen molar-refractivity contribution >= 4 is 22.8 Å². The number of carbonyl (C=O) groups is 1. The van der Waals surface area contributed by atoms with Crippen molar-refractivity contribution in [1.29, 1.82) is 0 Å².